The molecule has 3 aromatic heterocycles. The quantitative estimate of drug-likeness (QED) is 0.270. The molecule has 2 N–H and O–H groups in total. The fraction of sp³-hybridized carbons (Fsp3) is 0.133. The van der Waals surface area contributed by atoms with Gasteiger partial charge in [-0.1, -0.05) is 17.7 Å². The molecule has 0 bridgehead atoms. The summed E-state index contributed by atoms with van der Waals surface area (Å²) in [5.74, 6) is -0.742. The molecule has 1 fully saturated rings. The number of nitrogens with one attached hydrogen (secondary N) is 2. The van der Waals surface area contributed by atoms with Crippen LogP contribution in [-0.4, -0.2) is 28.8 Å². The van der Waals surface area contributed by atoms with E-state index < -0.39 is 11.4 Å². The van der Waals surface area contributed by atoms with Gasteiger partial charge in [0.1, 0.15) is 11.6 Å². The van der Waals surface area contributed by atoms with Gasteiger partial charge in [-0.25, -0.2) is 9.37 Å². The zero-order valence-corrected chi connectivity index (χ0v) is 21.6. The Labute approximate surface area is 228 Å². The molecule has 5 aromatic rings. The first-order chi connectivity index (χ1) is 18.9. The number of benzene rings is 2. The highest BCUT2D eigenvalue weighted by Crippen LogP contribution is 2.45. The van der Waals surface area contributed by atoms with Gasteiger partial charge in [0.15, 0.2) is 0 Å². The van der Waals surface area contributed by atoms with Crippen molar-refractivity contribution in [3.8, 4) is 22.5 Å². The zero-order chi connectivity index (χ0) is 27.1. The molecular weight excluding hydrogens is 519 g/mol. The summed E-state index contributed by atoms with van der Waals surface area (Å²) in [4.78, 5) is 35.0. The van der Waals surface area contributed by atoms with Crippen molar-refractivity contribution < 1.29 is 18.4 Å². The van der Waals surface area contributed by atoms with Gasteiger partial charge in [-0.15, -0.1) is 0 Å². The molecule has 0 saturated heterocycles. The number of carbonyl (C=O) groups is 2. The monoisotopic (exact) mass is 540 g/mol. The normalized spacial score (nSPS) is 13.7. The van der Waals surface area contributed by atoms with Crippen LogP contribution in [0.5, 0.6) is 0 Å². The van der Waals surface area contributed by atoms with Crippen LogP contribution < -0.4 is 10.6 Å². The second-order valence-corrected chi connectivity index (χ2v) is 9.82. The summed E-state index contributed by atoms with van der Waals surface area (Å²) < 4.78 is 19.5. The first kappa shape index (κ1) is 24.8. The molecule has 0 atom stereocenters. The summed E-state index contributed by atoms with van der Waals surface area (Å²) in [6.45, 7) is 0. The minimum absolute atomic E-state index is 0.238. The van der Waals surface area contributed by atoms with E-state index in [9.17, 15) is 14.0 Å². The number of amides is 2. The van der Waals surface area contributed by atoms with Crippen molar-refractivity contribution in [3.63, 3.8) is 0 Å². The van der Waals surface area contributed by atoms with E-state index in [4.69, 9.17) is 16.0 Å². The van der Waals surface area contributed by atoms with Crippen molar-refractivity contribution in [3.05, 3.63) is 107 Å². The lowest BCUT2D eigenvalue weighted by molar-refractivity contribution is 0.0928. The van der Waals surface area contributed by atoms with Crippen LogP contribution in [-0.2, 0) is 5.54 Å². The molecule has 2 aromatic carbocycles. The van der Waals surface area contributed by atoms with E-state index in [1.807, 2.05) is 18.2 Å². The molecule has 1 saturated carbocycles. The molecule has 1 aliphatic carbocycles. The average Bonchev–Trinajstić information content (AvgIpc) is 3.65. The highest BCUT2D eigenvalue weighted by molar-refractivity contribution is 6.33. The lowest BCUT2D eigenvalue weighted by atomic mass is 10.0. The Hall–Kier alpha value is -4.56. The highest BCUT2D eigenvalue weighted by Gasteiger charge is 2.47. The van der Waals surface area contributed by atoms with E-state index in [-0.39, 0.29) is 28.9 Å². The van der Waals surface area contributed by atoms with Crippen molar-refractivity contribution in [2.75, 3.05) is 7.05 Å². The molecular formula is C30H22ClFN4O3. The predicted octanol–water partition coefficient (Wildman–Crippen LogP) is 6.13. The van der Waals surface area contributed by atoms with E-state index in [1.165, 1.54) is 31.3 Å². The molecule has 194 valence electrons. The third-order valence-corrected chi connectivity index (χ3v) is 7.23. The van der Waals surface area contributed by atoms with Crippen molar-refractivity contribution in [1.29, 1.82) is 0 Å². The molecule has 0 aliphatic heterocycles. The Morgan fingerprint density at radius 3 is 2.46 bits per heavy atom. The van der Waals surface area contributed by atoms with Gasteiger partial charge in [0, 0.05) is 46.7 Å². The van der Waals surface area contributed by atoms with Crippen LogP contribution in [0.2, 0.25) is 5.02 Å². The number of hydrogen-bond acceptors (Lipinski definition) is 5. The second kappa shape index (κ2) is 9.63. The van der Waals surface area contributed by atoms with E-state index in [1.54, 1.807) is 36.7 Å². The van der Waals surface area contributed by atoms with Crippen molar-refractivity contribution in [2.45, 2.75) is 18.4 Å². The van der Waals surface area contributed by atoms with Crippen molar-refractivity contribution in [1.82, 2.24) is 20.6 Å². The molecule has 6 rings (SSSR count). The van der Waals surface area contributed by atoms with Crippen molar-refractivity contribution >= 4 is 34.5 Å². The van der Waals surface area contributed by atoms with Crippen LogP contribution in [0.4, 0.5) is 4.39 Å². The minimum atomic E-state index is -0.464. The van der Waals surface area contributed by atoms with Gasteiger partial charge in [0.2, 0.25) is 5.71 Å². The Morgan fingerprint density at radius 2 is 1.77 bits per heavy atom. The van der Waals surface area contributed by atoms with Gasteiger partial charge >= 0.3 is 0 Å². The van der Waals surface area contributed by atoms with Crippen LogP contribution in [0.1, 0.15) is 39.3 Å². The van der Waals surface area contributed by atoms with Crippen molar-refractivity contribution in [2.24, 2.45) is 0 Å². The third kappa shape index (κ3) is 4.53. The highest BCUT2D eigenvalue weighted by atomic mass is 35.5. The number of nitrogens with zero attached hydrogens (tertiary/aromatic N) is 2. The van der Waals surface area contributed by atoms with E-state index in [0.29, 0.717) is 32.7 Å². The zero-order valence-electron chi connectivity index (χ0n) is 20.8. The molecule has 0 spiro atoms. The van der Waals surface area contributed by atoms with Gasteiger partial charge in [-0.3, -0.25) is 14.6 Å². The topological polar surface area (TPSA) is 97.1 Å². The minimum Gasteiger partial charge on any atom is -0.437 e. The summed E-state index contributed by atoms with van der Waals surface area (Å²) >= 11 is 6.57. The maximum atomic E-state index is 13.5. The predicted molar refractivity (Wildman–Crippen MR) is 146 cm³/mol. The second-order valence-electron chi connectivity index (χ2n) is 9.41. The first-order valence-electron chi connectivity index (χ1n) is 12.3. The Balaban J connectivity index is 1.39. The Kier molecular flexibility index (Phi) is 6.12. The number of pyridine rings is 2. The van der Waals surface area contributed by atoms with E-state index in [2.05, 4.69) is 20.6 Å². The maximum Gasteiger partial charge on any atom is 0.255 e. The Morgan fingerprint density at radius 1 is 0.974 bits per heavy atom. The molecule has 7 nitrogen and oxygen atoms in total. The number of furan rings is 1. The molecule has 3 heterocycles. The standard InChI is InChI=1S/C30H22ClFN4O3/c1-33-28(38)25-22-15-19(16-35-29(22)39-26(25)17-5-8-20(32)9-6-17)21-14-18(7-10-23(21)31)27(37)36-30(11-12-30)24-4-2-3-13-34-24/h2-10,13-16H,11-12H2,1H3,(H,33,38)(H,36,37). The molecule has 0 radical (unpaired) electrons. The molecule has 39 heavy (non-hydrogen) atoms. The maximum absolute atomic E-state index is 13.5. The lowest BCUT2D eigenvalue weighted by Gasteiger charge is -2.17. The lowest BCUT2D eigenvalue weighted by Crippen LogP contribution is -2.35. The number of carbonyl (C=O) groups excluding carboxylic acids is 2. The first-order valence-corrected chi connectivity index (χ1v) is 12.7. The Bertz CT molecular complexity index is 1730. The average molecular weight is 541 g/mol. The van der Waals surface area contributed by atoms with Gasteiger partial charge in [0.05, 0.1) is 22.2 Å². The van der Waals surface area contributed by atoms with Gasteiger partial charge in [0.25, 0.3) is 11.8 Å². The largest absolute Gasteiger partial charge is 0.437 e. The summed E-state index contributed by atoms with van der Waals surface area (Å²) in [7, 11) is 1.52. The smallest absolute Gasteiger partial charge is 0.255 e. The number of halogens is 2. The van der Waals surface area contributed by atoms with Crippen LogP contribution in [0.15, 0.2) is 83.5 Å². The molecule has 1 aliphatic rings. The SMILES string of the molecule is CNC(=O)c1c(-c2ccc(F)cc2)oc2ncc(-c3cc(C(=O)NC4(c5ccccn5)CC4)ccc3Cl)cc12. The summed E-state index contributed by atoms with van der Waals surface area (Å²) in [5, 5.41) is 6.64. The number of fused-ring (bicyclic) bond motifs is 1. The third-order valence-electron chi connectivity index (χ3n) is 6.90. The van der Waals surface area contributed by atoms with E-state index >= 15 is 0 Å². The molecule has 9 heteroatoms. The van der Waals surface area contributed by atoms with Crippen LogP contribution in [0, 0.1) is 5.82 Å². The van der Waals surface area contributed by atoms with Crippen LogP contribution >= 0.6 is 11.6 Å². The van der Waals surface area contributed by atoms with E-state index in [0.717, 1.165) is 18.5 Å². The van der Waals surface area contributed by atoms with Gasteiger partial charge in [-0.2, -0.15) is 0 Å². The number of hydrogen-bond donors (Lipinski definition) is 2. The van der Waals surface area contributed by atoms with Gasteiger partial charge in [-0.05, 0) is 73.5 Å². The molecule has 2 amide bonds. The summed E-state index contributed by atoms with van der Waals surface area (Å²) in [6.07, 6.45) is 4.93. The fourth-order valence-corrected chi connectivity index (χ4v) is 4.90. The summed E-state index contributed by atoms with van der Waals surface area (Å²) in [5.41, 5.74) is 3.03. The summed E-state index contributed by atoms with van der Waals surface area (Å²) in [6, 6.07) is 18.1. The molecule has 0 unspecified atom stereocenters. The fourth-order valence-electron chi connectivity index (χ4n) is 4.68. The number of rotatable bonds is 6. The van der Waals surface area contributed by atoms with Crippen LogP contribution in [0.25, 0.3) is 33.6 Å². The number of aromatic nitrogens is 2. The van der Waals surface area contributed by atoms with Crippen LogP contribution in [0.3, 0.4) is 0 Å². The van der Waals surface area contributed by atoms with Gasteiger partial charge < -0.3 is 15.1 Å².